The zero-order valence-corrected chi connectivity index (χ0v) is 26.9. The van der Waals surface area contributed by atoms with Crippen LogP contribution in [0.1, 0.15) is 40.8 Å². The minimum atomic E-state index is -0.974. The van der Waals surface area contributed by atoms with Crippen molar-refractivity contribution in [2.75, 3.05) is 18.6 Å². The molecule has 0 radical (unpaired) electrons. The number of aliphatic hydroxyl groups excluding tert-OH is 1. The highest BCUT2D eigenvalue weighted by molar-refractivity contribution is 8.00. The Bertz CT molecular complexity index is 1960. The highest BCUT2D eigenvalue weighted by Crippen LogP contribution is 2.46. The Morgan fingerprint density at radius 3 is 2.58 bits per heavy atom. The minimum absolute atomic E-state index is 0.0277. The molecule has 1 aliphatic rings. The number of Topliss-reactive ketones (excluding diaryl/α,β-unsaturated/α-hetero) is 1. The molecule has 1 saturated heterocycles. The fraction of sp³-hybridized carbons (Fsp3) is 0.200. The molecular formula is C35H31N3O5S2. The van der Waals surface area contributed by atoms with E-state index in [0.717, 1.165) is 22.1 Å². The summed E-state index contributed by atoms with van der Waals surface area (Å²) < 4.78 is 12.0. The number of hydrogen-bond donors (Lipinski definition) is 1. The van der Waals surface area contributed by atoms with E-state index in [1.54, 1.807) is 24.3 Å². The third kappa shape index (κ3) is 5.79. The molecule has 1 amide bonds. The lowest BCUT2D eigenvalue weighted by molar-refractivity contribution is -0.132. The second kappa shape index (κ2) is 12.7. The second-order valence-electron chi connectivity index (χ2n) is 10.6. The number of carbonyl (C=O) groups excluding carboxylic acids is 2. The van der Waals surface area contributed by atoms with Gasteiger partial charge in [-0.2, -0.15) is 0 Å². The number of methoxy groups -OCH3 is 1. The molecule has 1 N–H and O–H groups in total. The molecule has 0 spiro atoms. The van der Waals surface area contributed by atoms with E-state index < -0.39 is 17.7 Å². The number of benzene rings is 4. The molecule has 0 aliphatic carbocycles. The Morgan fingerprint density at radius 2 is 1.78 bits per heavy atom. The molecule has 2 heterocycles. The standard InChI is InChI=1S/C35H31N3O5S2/c1-5-43-27-16-15-23(18-28(27)42-4)30-29(31(39)26-17-20(2)13-14-21(26)3)32(40)33(41)38(30)34-36-37-35(45-34)44-19-24-11-8-10-22-9-6-7-12-25(22)24/h6-18,30,39H,5,19H2,1-4H3. The zero-order chi connectivity index (χ0) is 31.7. The van der Waals surface area contributed by atoms with Gasteiger partial charge in [-0.3, -0.25) is 14.5 Å². The van der Waals surface area contributed by atoms with Crippen LogP contribution in [0.4, 0.5) is 5.13 Å². The molecule has 45 heavy (non-hydrogen) atoms. The van der Waals surface area contributed by atoms with Gasteiger partial charge in [0.05, 0.1) is 25.3 Å². The van der Waals surface area contributed by atoms with Gasteiger partial charge in [0.1, 0.15) is 5.76 Å². The summed E-state index contributed by atoms with van der Waals surface area (Å²) >= 11 is 2.74. The van der Waals surface area contributed by atoms with Gasteiger partial charge in [-0.25, -0.2) is 0 Å². The Balaban J connectivity index is 1.42. The van der Waals surface area contributed by atoms with E-state index in [1.165, 1.54) is 40.5 Å². The van der Waals surface area contributed by atoms with E-state index in [4.69, 9.17) is 9.47 Å². The maximum atomic E-state index is 13.8. The maximum absolute atomic E-state index is 13.8. The van der Waals surface area contributed by atoms with Crippen molar-refractivity contribution in [1.29, 1.82) is 0 Å². The number of amides is 1. The van der Waals surface area contributed by atoms with E-state index in [0.29, 0.717) is 39.3 Å². The zero-order valence-electron chi connectivity index (χ0n) is 25.2. The predicted octanol–water partition coefficient (Wildman–Crippen LogP) is 7.63. The summed E-state index contributed by atoms with van der Waals surface area (Å²) in [6.45, 7) is 6.06. The van der Waals surface area contributed by atoms with Gasteiger partial charge < -0.3 is 14.6 Å². The monoisotopic (exact) mass is 637 g/mol. The van der Waals surface area contributed by atoms with Crippen molar-refractivity contribution in [3.05, 3.63) is 112 Å². The molecule has 8 nitrogen and oxygen atoms in total. The van der Waals surface area contributed by atoms with Crippen molar-refractivity contribution in [1.82, 2.24) is 10.2 Å². The summed E-state index contributed by atoms with van der Waals surface area (Å²) in [5.74, 6) is -0.215. The van der Waals surface area contributed by atoms with Crippen molar-refractivity contribution >= 4 is 56.5 Å². The van der Waals surface area contributed by atoms with Crippen LogP contribution >= 0.6 is 23.1 Å². The Kier molecular flexibility index (Phi) is 8.60. The lowest BCUT2D eigenvalue weighted by Crippen LogP contribution is -2.29. The molecule has 1 aliphatic heterocycles. The first-order chi connectivity index (χ1) is 21.8. The first-order valence-electron chi connectivity index (χ1n) is 14.4. The number of rotatable bonds is 9. The van der Waals surface area contributed by atoms with Crippen molar-refractivity contribution in [2.45, 2.75) is 36.9 Å². The van der Waals surface area contributed by atoms with Crippen molar-refractivity contribution < 1.29 is 24.2 Å². The predicted molar refractivity (Wildman–Crippen MR) is 178 cm³/mol. The number of nitrogens with zero attached hydrogens (tertiary/aromatic N) is 3. The van der Waals surface area contributed by atoms with Gasteiger partial charge in [0.15, 0.2) is 15.8 Å². The van der Waals surface area contributed by atoms with Crippen molar-refractivity contribution in [2.24, 2.45) is 0 Å². The van der Waals surface area contributed by atoms with Gasteiger partial charge in [0.2, 0.25) is 5.13 Å². The molecule has 1 atom stereocenters. The molecule has 6 rings (SSSR count). The number of aromatic nitrogens is 2. The first-order valence-corrected chi connectivity index (χ1v) is 16.2. The second-order valence-corrected chi connectivity index (χ2v) is 12.8. The van der Waals surface area contributed by atoms with Gasteiger partial charge in [-0.1, -0.05) is 89.3 Å². The van der Waals surface area contributed by atoms with Crippen LogP contribution in [-0.2, 0) is 15.3 Å². The Morgan fingerprint density at radius 1 is 0.978 bits per heavy atom. The number of fused-ring (bicyclic) bond motifs is 1. The Labute approximate surface area is 269 Å². The van der Waals surface area contributed by atoms with E-state index in [1.807, 2.05) is 51.1 Å². The molecule has 5 aromatic rings. The number of hydrogen-bond acceptors (Lipinski definition) is 9. The quantitative estimate of drug-likeness (QED) is 0.0579. The Hall–Kier alpha value is -4.67. The molecule has 4 aromatic carbocycles. The number of anilines is 1. The van der Waals surface area contributed by atoms with Crippen LogP contribution in [0.15, 0.2) is 88.8 Å². The summed E-state index contributed by atoms with van der Waals surface area (Å²) in [6, 6.07) is 24.3. The molecule has 1 unspecified atom stereocenters. The molecular weight excluding hydrogens is 607 g/mol. The van der Waals surface area contributed by atoms with Gasteiger partial charge in [-0.15, -0.1) is 10.2 Å². The van der Waals surface area contributed by atoms with Gasteiger partial charge in [0.25, 0.3) is 5.78 Å². The number of ether oxygens (including phenoxy) is 2. The van der Waals surface area contributed by atoms with Crippen molar-refractivity contribution in [3.8, 4) is 11.5 Å². The van der Waals surface area contributed by atoms with E-state index in [9.17, 15) is 14.7 Å². The number of thioether (sulfide) groups is 1. The summed E-state index contributed by atoms with van der Waals surface area (Å²) in [5, 5.41) is 23.0. The summed E-state index contributed by atoms with van der Waals surface area (Å²) in [4.78, 5) is 28.8. The number of aryl methyl sites for hydroxylation is 2. The first kappa shape index (κ1) is 30.4. The maximum Gasteiger partial charge on any atom is 0.301 e. The summed E-state index contributed by atoms with van der Waals surface area (Å²) in [5.41, 5.74) is 3.86. The topological polar surface area (TPSA) is 102 Å². The molecule has 10 heteroatoms. The van der Waals surface area contributed by atoms with Gasteiger partial charge in [0, 0.05) is 11.3 Å². The lowest BCUT2D eigenvalue weighted by Gasteiger charge is -2.23. The SMILES string of the molecule is CCOc1ccc(C2C(=C(O)c3cc(C)ccc3C)C(=O)C(=O)N2c2nnc(SCc3cccc4ccccc34)s2)cc1OC. The lowest BCUT2D eigenvalue weighted by atomic mass is 9.93. The summed E-state index contributed by atoms with van der Waals surface area (Å²) in [7, 11) is 1.53. The van der Waals surface area contributed by atoms with Crippen LogP contribution in [0, 0.1) is 13.8 Å². The van der Waals surface area contributed by atoms with E-state index >= 15 is 0 Å². The van der Waals surface area contributed by atoms with Crippen LogP contribution in [0.3, 0.4) is 0 Å². The van der Waals surface area contributed by atoms with E-state index in [2.05, 4.69) is 34.5 Å². The van der Waals surface area contributed by atoms with Crippen molar-refractivity contribution in [3.63, 3.8) is 0 Å². The largest absolute Gasteiger partial charge is 0.507 e. The average molecular weight is 638 g/mol. The van der Waals surface area contributed by atoms with Gasteiger partial charge >= 0.3 is 5.91 Å². The van der Waals surface area contributed by atoms with Crippen LogP contribution in [0.5, 0.6) is 11.5 Å². The summed E-state index contributed by atoms with van der Waals surface area (Å²) in [6.07, 6.45) is 0. The van der Waals surface area contributed by atoms with Crippen LogP contribution in [0.25, 0.3) is 16.5 Å². The number of aliphatic hydroxyl groups is 1. The highest BCUT2D eigenvalue weighted by atomic mass is 32.2. The fourth-order valence-corrected chi connectivity index (χ4v) is 7.40. The normalized spacial score (nSPS) is 16.0. The third-order valence-corrected chi connectivity index (χ3v) is 9.83. The fourth-order valence-electron chi connectivity index (χ4n) is 5.53. The van der Waals surface area contributed by atoms with Gasteiger partial charge in [-0.05, 0) is 66.4 Å². The molecule has 1 fully saturated rings. The van der Waals surface area contributed by atoms with E-state index in [-0.39, 0.29) is 16.5 Å². The number of carbonyl (C=O) groups is 2. The molecule has 228 valence electrons. The minimum Gasteiger partial charge on any atom is -0.507 e. The smallest absolute Gasteiger partial charge is 0.301 e. The average Bonchev–Trinajstić information content (AvgIpc) is 3.62. The van der Waals surface area contributed by atoms with Crippen LogP contribution < -0.4 is 14.4 Å². The highest BCUT2D eigenvalue weighted by Gasteiger charge is 2.48. The third-order valence-electron chi connectivity index (χ3n) is 7.73. The van der Waals surface area contributed by atoms with Crippen LogP contribution in [0.2, 0.25) is 0 Å². The number of ketones is 1. The molecule has 1 aromatic heterocycles. The molecule has 0 bridgehead atoms. The molecule has 0 saturated carbocycles. The van der Waals surface area contributed by atoms with Crippen LogP contribution in [-0.4, -0.2) is 40.7 Å².